The highest BCUT2D eigenvalue weighted by atomic mass is 79.9. The van der Waals surface area contributed by atoms with Crippen LogP contribution in [0.2, 0.25) is 0 Å². The van der Waals surface area contributed by atoms with E-state index in [4.69, 9.17) is 10.4 Å². The van der Waals surface area contributed by atoms with Crippen LogP contribution >= 0.6 is 15.9 Å². The lowest BCUT2D eigenvalue weighted by atomic mass is 10.1. The maximum Gasteiger partial charge on any atom is 0.336 e. The molecule has 7 heteroatoms. The zero-order chi connectivity index (χ0) is 12.3. The predicted molar refractivity (Wildman–Crippen MR) is 53.5 cm³/mol. The van der Waals surface area contributed by atoms with Crippen molar-refractivity contribution in [2.24, 2.45) is 0 Å². The molecule has 1 aromatic rings. The molecule has 0 spiro atoms. The highest BCUT2D eigenvalue weighted by molar-refractivity contribution is 9.08. The monoisotopic (exact) mass is 290 g/mol. The van der Waals surface area contributed by atoms with Gasteiger partial charge in [0.25, 0.3) is 6.43 Å². The van der Waals surface area contributed by atoms with Gasteiger partial charge in [0.1, 0.15) is 17.5 Å². The largest absolute Gasteiger partial charge is 0.478 e. The lowest BCUT2D eigenvalue weighted by molar-refractivity contribution is 0.0695. The van der Waals surface area contributed by atoms with Gasteiger partial charge in [-0.25, -0.2) is 18.6 Å². The summed E-state index contributed by atoms with van der Waals surface area (Å²) in [7, 11) is 0. The molecular formula is C9H5BrF2N2O2. The summed E-state index contributed by atoms with van der Waals surface area (Å²) in [5, 5.41) is 17.6. The van der Waals surface area contributed by atoms with Crippen LogP contribution in [0.25, 0.3) is 0 Å². The van der Waals surface area contributed by atoms with Gasteiger partial charge in [0, 0.05) is 10.9 Å². The molecule has 1 rings (SSSR count). The Kier molecular flexibility index (Phi) is 3.90. The molecule has 0 fully saturated rings. The summed E-state index contributed by atoms with van der Waals surface area (Å²) < 4.78 is 24.8. The summed E-state index contributed by atoms with van der Waals surface area (Å²) in [4.78, 5) is 14.2. The van der Waals surface area contributed by atoms with Gasteiger partial charge in [-0.2, -0.15) is 5.26 Å². The Morgan fingerprint density at radius 3 is 2.69 bits per heavy atom. The molecular weight excluding hydrogens is 286 g/mol. The Morgan fingerprint density at radius 2 is 2.31 bits per heavy atom. The van der Waals surface area contributed by atoms with E-state index < -0.39 is 18.1 Å². The summed E-state index contributed by atoms with van der Waals surface area (Å²) >= 11 is 2.99. The molecule has 0 atom stereocenters. The first-order valence-electron chi connectivity index (χ1n) is 4.02. The highest BCUT2D eigenvalue weighted by Crippen LogP contribution is 2.23. The third-order valence-electron chi connectivity index (χ3n) is 1.84. The number of carboxylic acids is 1. The van der Waals surface area contributed by atoms with Crippen molar-refractivity contribution in [3.63, 3.8) is 0 Å². The van der Waals surface area contributed by atoms with Crippen LogP contribution in [0.3, 0.4) is 0 Å². The molecule has 1 aromatic heterocycles. The minimum absolute atomic E-state index is 0.0635. The molecule has 0 saturated carbocycles. The molecule has 0 aliphatic heterocycles. The van der Waals surface area contributed by atoms with E-state index in [-0.39, 0.29) is 22.2 Å². The van der Waals surface area contributed by atoms with Crippen LogP contribution < -0.4 is 0 Å². The van der Waals surface area contributed by atoms with E-state index in [0.717, 1.165) is 6.07 Å². The third-order valence-corrected chi connectivity index (χ3v) is 2.40. The molecule has 0 aliphatic carbocycles. The fourth-order valence-corrected chi connectivity index (χ4v) is 1.69. The minimum atomic E-state index is -2.91. The van der Waals surface area contributed by atoms with E-state index in [1.807, 2.05) is 0 Å². The predicted octanol–water partition coefficient (Wildman–Crippen LogP) is 2.48. The maximum absolute atomic E-state index is 12.4. The molecule has 0 aromatic carbocycles. The van der Waals surface area contributed by atoms with Crippen molar-refractivity contribution < 1.29 is 18.7 Å². The number of nitriles is 1. The Balaban J connectivity index is 3.51. The summed E-state index contributed by atoms with van der Waals surface area (Å²) in [6, 6.07) is 2.38. The van der Waals surface area contributed by atoms with Crippen molar-refractivity contribution >= 4 is 21.9 Å². The first-order chi connectivity index (χ1) is 7.51. The normalized spacial score (nSPS) is 10.2. The SMILES string of the molecule is N#Cc1nc(C(F)F)cc(C(=O)O)c1CBr. The van der Waals surface area contributed by atoms with E-state index in [2.05, 4.69) is 20.9 Å². The minimum Gasteiger partial charge on any atom is -0.478 e. The molecule has 4 nitrogen and oxygen atoms in total. The third kappa shape index (κ3) is 2.33. The number of carbonyl (C=O) groups is 1. The van der Waals surface area contributed by atoms with Crippen molar-refractivity contribution in [2.75, 3.05) is 0 Å². The molecule has 84 valence electrons. The molecule has 0 saturated heterocycles. The van der Waals surface area contributed by atoms with Crippen LogP contribution in [0.4, 0.5) is 8.78 Å². The number of pyridine rings is 1. The fourth-order valence-electron chi connectivity index (χ4n) is 1.12. The van der Waals surface area contributed by atoms with Gasteiger partial charge in [-0.05, 0) is 6.07 Å². The molecule has 16 heavy (non-hydrogen) atoms. The number of aromatic carboxylic acids is 1. The Morgan fingerprint density at radius 1 is 1.69 bits per heavy atom. The number of hydrogen-bond acceptors (Lipinski definition) is 3. The number of rotatable bonds is 3. The van der Waals surface area contributed by atoms with Gasteiger partial charge >= 0.3 is 5.97 Å². The van der Waals surface area contributed by atoms with Crippen molar-refractivity contribution in [1.82, 2.24) is 4.98 Å². The summed E-state index contributed by atoms with van der Waals surface area (Å²) in [5.74, 6) is -1.37. The van der Waals surface area contributed by atoms with E-state index >= 15 is 0 Å². The van der Waals surface area contributed by atoms with Gasteiger partial charge in [0.2, 0.25) is 0 Å². The number of nitrogens with zero attached hydrogens (tertiary/aromatic N) is 2. The van der Waals surface area contributed by atoms with Crippen molar-refractivity contribution in [3.8, 4) is 6.07 Å². The molecule has 0 amide bonds. The Bertz CT molecular complexity index is 471. The maximum atomic E-state index is 12.4. The first kappa shape index (κ1) is 12.5. The average molecular weight is 291 g/mol. The van der Waals surface area contributed by atoms with E-state index in [0.29, 0.717) is 0 Å². The van der Waals surface area contributed by atoms with Crippen molar-refractivity contribution in [2.45, 2.75) is 11.8 Å². The van der Waals surface area contributed by atoms with Gasteiger partial charge < -0.3 is 5.11 Å². The van der Waals surface area contributed by atoms with Gasteiger partial charge in [0.15, 0.2) is 0 Å². The van der Waals surface area contributed by atoms with Crippen LogP contribution in [-0.2, 0) is 5.33 Å². The quantitative estimate of drug-likeness (QED) is 0.868. The smallest absolute Gasteiger partial charge is 0.336 e. The fraction of sp³-hybridized carbons (Fsp3) is 0.222. The number of aromatic nitrogens is 1. The standard InChI is InChI=1S/C9H5BrF2N2O2/c10-2-5-4(9(15)16)1-6(8(11)12)14-7(5)3-13/h1,8H,2H2,(H,15,16). The number of hydrogen-bond donors (Lipinski definition) is 1. The molecule has 0 aliphatic rings. The van der Waals surface area contributed by atoms with Crippen LogP contribution in [0, 0.1) is 11.3 Å². The van der Waals surface area contributed by atoms with Gasteiger partial charge in [0.05, 0.1) is 5.56 Å². The second-order valence-electron chi connectivity index (χ2n) is 2.77. The van der Waals surface area contributed by atoms with Crippen LogP contribution in [0.5, 0.6) is 0 Å². The second-order valence-corrected chi connectivity index (χ2v) is 3.33. The topological polar surface area (TPSA) is 74.0 Å². The summed E-state index contributed by atoms with van der Waals surface area (Å²) in [5.41, 5.74) is -1.25. The number of carboxylic acid groups (broad SMARTS) is 1. The van der Waals surface area contributed by atoms with E-state index in [9.17, 15) is 13.6 Å². The lowest BCUT2D eigenvalue weighted by Crippen LogP contribution is -2.08. The van der Waals surface area contributed by atoms with Crippen LogP contribution in [0.1, 0.15) is 33.7 Å². The number of halogens is 3. The van der Waals surface area contributed by atoms with Gasteiger partial charge in [-0.1, -0.05) is 15.9 Å². The molecule has 0 radical (unpaired) electrons. The van der Waals surface area contributed by atoms with Gasteiger partial charge in [-0.3, -0.25) is 0 Å². The lowest BCUT2D eigenvalue weighted by Gasteiger charge is -2.07. The highest BCUT2D eigenvalue weighted by Gasteiger charge is 2.20. The van der Waals surface area contributed by atoms with Gasteiger partial charge in [-0.15, -0.1) is 0 Å². The number of alkyl halides is 3. The van der Waals surface area contributed by atoms with Crippen molar-refractivity contribution in [1.29, 1.82) is 5.26 Å². The van der Waals surface area contributed by atoms with Crippen LogP contribution in [-0.4, -0.2) is 16.1 Å². The zero-order valence-electron chi connectivity index (χ0n) is 7.75. The molecule has 0 bridgehead atoms. The van der Waals surface area contributed by atoms with Crippen LogP contribution in [0.15, 0.2) is 6.07 Å². The summed E-state index contributed by atoms with van der Waals surface area (Å²) in [6.07, 6.45) is -2.91. The molecule has 0 unspecified atom stereocenters. The molecule has 1 N–H and O–H groups in total. The Labute approximate surface area is 97.7 Å². The first-order valence-corrected chi connectivity index (χ1v) is 5.14. The second kappa shape index (κ2) is 4.99. The summed E-state index contributed by atoms with van der Waals surface area (Å²) in [6.45, 7) is 0. The van der Waals surface area contributed by atoms with E-state index in [1.165, 1.54) is 0 Å². The average Bonchev–Trinajstić information content (AvgIpc) is 2.26. The van der Waals surface area contributed by atoms with Crippen molar-refractivity contribution in [3.05, 3.63) is 28.6 Å². The zero-order valence-corrected chi connectivity index (χ0v) is 9.33. The van der Waals surface area contributed by atoms with E-state index in [1.54, 1.807) is 6.07 Å². The molecule has 1 heterocycles. The Hall–Kier alpha value is -1.55.